The molecule has 0 aromatic heterocycles. The van der Waals surface area contributed by atoms with Gasteiger partial charge in [-0.25, -0.2) is 4.79 Å². The van der Waals surface area contributed by atoms with Crippen LogP contribution in [0.4, 0.5) is 4.79 Å². The summed E-state index contributed by atoms with van der Waals surface area (Å²) in [4.78, 5) is 24.1. The van der Waals surface area contributed by atoms with Crippen molar-refractivity contribution in [3.63, 3.8) is 0 Å². The molecule has 1 aliphatic carbocycles. The quantitative estimate of drug-likeness (QED) is 0.818. The molecule has 2 amide bonds. The Morgan fingerprint density at radius 1 is 1.18 bits per heavy atom. The number of carbonyl (C=O) groups is 2. The van der Waals surface area contributed by atoms with Gasteiger partial charge in [-0.2, -0.15) is 0 Å². The van der Waals surface area contributed by atoms with Gasteiger partial charge in [0.05, 0.1) is 5.54 Å². The van der Waals surface area contributed by atoms with E-state index in [2.05, 4.69) is 10.6 Å². The summed E-state index contributed by atoms with van der Waals surface area (Å²) in [6.07, 6.45) is 5.49. The third-order valence-electron chi connectivity index (χ3n) is 4.24. The van der Waals surface area contributed by atoms with E-state index in [1.54, 1.807) is 0 Å². The third kappa shape index (κ3) is 6.24. The molecule has 0 heterocycles. The van der Waals surface area contributed by atoms with Crippen LogP contribution in [0.1, 0.15) is 73.1 Å². The highest BCUT2D eigenvalue weighted by Gasteiger charge is 2.35. The summed E-state index contributed by atoms with van der Waals surface area (Å²) in [7, 11) is 0. The van der Waals surface area contributed by atoms with Crippen LogP contribution in [-0.2, 0) is 9.53 Å². The van der Waals surface area contributed by atoms with Crippen molar-refractivity contribution in [1.29, 1.82) is 0 Å². The van der Waals surface area contributed by atoms with E-state index in [0.717, 1.165) is 32.1 Å². The highest BCUT2D eigenvalue weighted by Crippen LogP contribution is 2.28. The Labute approximate surface area is 134 Å². The summed E-state index contributed by atoms with van der Waals surface area (Å²) in [6.45, 7) is 9.96. The first kappa shape index (κ1) is 18.8. The number of ether oxygens (including phenoxy) is 1. The van der Waals surface area contributed by atoms with Gasteiger partial charge < -0.3 is 15.4 Å². The molecule has 5 heteroatoms. The van der Waals surface area contributed by atoms with Crippen LogP contribution in [0.5, 0.6) is 0 Å². The smallest absolute Gasteiger partial charge is 0.408 e. The minimum absolute atomic E-state index is 0.00201. The summed E-state index contributed by atoms with van der Waals surface area (Å²) in [5.41, 5.74) is -0.885. The van der Waals surface area contributed by atoms with Gasteiger partial charge in [-0.3, -0.25) is 4.79 Å². The molecule has 0 bridgehead atoms. The van der Waals surface area contributed by atoms with Gasteiger partial charge in [0, 0.05) is 12.5 Å². The Morgan fingerprint density at radius 2 is 1.77 bits per heavy atom. The number of rotatable bonds is 5. The van der Waals surface area contributed by atoms with Crippen molar-refractivity contribution in [3.8, 4) is 0 Å². The zero-order valence-corrected chi connectivity index (χ0v) is 14.8. The highest BCUT2D eigenvalue weighted by molar-refractivity contribution is 5.78. The molecular weight excluding hydrogens is 280 g/mol. The van der Waals surface area contributed by atoms with Crippen LogP contribution in [0.15, 0.2) is 0 Å². The average Bonchev–Trinajstić information content (AvgIpc) is 2.42. The zero-order valence-electron chi connectivity index (χ0n) is 14.8. The maximum Gasteiger partial charge on any atom is 0.408 e. The molecule has 128 valence electrons. The number of hydrogen-bond acceptors (Lipinski definition) is 3. The molecule has 0 aliphatic heterocycles. The summed E-state index contributed by atoms with van der Waals surface area (Å²) >= 11 is 0. The molecular formula is C17H32N2O3. The number of hydrogen-bond donors (Lipinski definition) is 2. The van der Waals surface area contributed by atoms with E-state index in [1.807, 2.05) is 34.6 Å². The van der Waals surface area contributed by atoms with E-state index in [0.29, 0.717) is 6.54 Å². The van der Waals surface area contributed by atoms with Crippen LogP contribution in [0.2, 0.25) is 0 Å². The van der Waals surface area contributed by atoms with Crippen molar-refractivity contribution in [2.75, 3.05) is 6.54 Å². The van der Waals surface area contributed by atoms with Crippen LogP contribution in [0, 0.1) is 5.92 Å². The fourth-order valence-corrected chi connectivity index (χ4v) is 2.71. The van der Waals surface area contributed by atoms with Gasteiger partial charge in [0.2, 0.25) is 5.91 Å². The van der Waals surface area contributed by atoms with Crippen molar-refractivity contribution in [2.45, 2.75) is 84.3 Å². The predicted octanol–water partition coefficient (Wildman–Crippen LogP) is 3.38. The van der Waals surface area contributed by atoms with Gasteiger partial charge >= 0.3 is 6.09 Å². The number of alkyl carbamates (subject to hydrolysis) is 1. The number of amides is 2. The third-order valence-corrected chi connectivity index (χ3v) is 4.24. The van der Waals surface area contributed by atoms with Gasteiger partial charge in [-0.15, -0.1) is 0 Å². The van der Waals surface area contributed by atoms with Crippen LogP contribution in [0.3, 0.4) is 0 Å². The molecule has 1 saturated carbocycles. The van der Waals surface area contributed by atoms with Gasteiger partial charge in [0.15, 0.2) is 0 Å². The minimum atomic E-state index is -0.514. The lowest BCUT2D eigenvalue weighted by Crippen LogP contribution is -2.57. The predicted molar refractivity (Wildman–Crippen MR) is 87.7 cm³/mol. The largest absolute Gasteiger partial charge is 0.444 e. The van der Waals surface area contributed by atoms with E-state index < -0.39 is 11.7 Å². The van der Waals surface area contributed by atoms with Gasteiger partial charge in [0.25, 0.3) is 0 Å². The normalized spacial score (nSPS) is 19.1. The first-order chi connectivity index (χ1) is 10.2. The highest BCUT2D eigenvalue weighted by atomic mass is 16.6. The van der Waals surface area contributed by atoms with Gasteiger partial charge in [-0.1, -0.05) is 33.1 Å². The fraction of sp³-hybridized carbons (Fsp3) is 0.882. The Kier molecular flexibility index (Phi) is 6.69. The molecule has 0 aromatic rings. The summed E-state index contributed by atoms with van der Waals surface area (Å²) < 4.78 is 5.38. The average molecular weight is 312 g/mol. The molecule has 0 radical (unpaired) electrons. The van der Waals surface area contributed by atoms with Crippen molar-refractivity contribution in [1.82, 2.24) is 10.6 Å². The molecule has 0 aromatic carbocycles. The second-order valence-corrected chi connectivity index (χ2v) is 7.49. The Morgan fingerprint density at radius 3 is 2.27 bits per heavy atom. The Balaban J connectivity index is 2.65. The summed E-state index contributed by atoms with van der Waals surface area (Å²) in [5, 5.41) is 6.03. The molecule has 1 rings (SSSR count). The Hall–Kier alpha value is -1.26. The molecule has 0 spiro atoms. The second-order valence-electron chi connectivity index (χ2n) is 7.49. The maximum atomic E-state index is 12.1. The lowest BCUT2D eigenvalue weighted by molar-refractivity contribution is -0.125. The minimum Gasteiger partial charge on any atom is -0.444 e. The van der Waals surface area contributed by atoms with Crippen LogP contribution in [-0.4, -0.2) is 29.7 Å². The lowest BCUT2D eigenvalue weighted by atomic mass is 9.81. The van der Waals surface area contributed by atoms with Crippen LogP contribution >= 0.6 is 0 Å². The fourth-order valence-electron chi connectivity index (χ4n) is 2.71. The van der Waals surface area contributed by atoms with Gasteiger partial charge in [-0.05, 0) is 40.0 Å². The van der Waals surface area contributed by atoms with Crippen molar-refractivity contribution < 1.29 is 14.3 Å². The van der Waals surface area contributed by atoms with E-state index in [4.69, 9.17) is 4.74 Å². The van der Waals surface area contributed by atoms with E-state index in [1.165, 1.54) is 6.42 Å². The molecule has 1 fully saturated rings. The topological polar surface area (TPSA) is 67.4 Å². The van der Waals surface area contributed by atoms with Crippen molar-refractivity contribution in [3.05, 3.63) is 0 Å². The van der Waals surface area contributed by atoms with Crippen molar-refractivity contribution >= 4 is 12.0 Å². The van der Waals surface area contributed by atoms with Crippen molar-refractivity contribution in [2.24, 2.45) is 5.92 Å². The second kappa shape index (κ2) is 7.84. The zero-order chi connectivity index (χ0) is 16.8. The lowest BCUT2D eigenvalue weighted by Gasteiger charge is -2.38. The molecule has 1 unspecified atom stereocenters. The SMILES string of the molecule is CCC(C)C(=O)NCC1(NC(=O)OC(C)(C)C)CCCCC1. The molecule has 5 nitrogen and oxygen atoms in total. The first-order valence-corrected chi connectivity index (χ1v) is 8.46. The molecule has 22 heavy (non-hydrogen) atoms. The number of carbonyl (C=O) groups excluding carboxylic acids is 2. The maximum absolute atomic E-state index is 12.1. The summed E-state index contributed by atoms with van der Waals surface area (Å²) in [6, 6.07) is 0. The first-order valence-electron chi connectivity index (χ1n) is 8.46. The van der Waals surface area contributed by atoms with E-state index in [9.17, 15) is 9.59 Å². The van der Waals surface area contributed by atoms with E-state index in [-0.39, 0.29) is 17.4 Å². The standard InChI is InChI=1S/C17H32N2O3/c1-6-13(2)14(20)18-12-17(10-8-7-9-11-17)19-15(21)22-16(3,4)5/h13H,6-12H2,1-5H3,(H,18,20)(H,19,21). The van der Waals surface area contributed by atoms with E-state index >= 15 is 0 Å². The molecule has 2 N–H and O–H groups in total. The van der Waals surface area contributed by atoms with Crippen LogP contribution < -0.4 is 10.6 Å². The molecule has 0 saturated heterocycles. The Bertz CT molecular complexity index is 382. The summed E-state index contributed by atoms with van der Waals surface area (Å²) in [5.74, 6) is 0.0561. The molecule has 1 atom stereocenters. The van der Waals surface area contributed by atoms with Crippen LogP contribution in [0.25, 0.3) is 0 Å². The molecule has 1 aliphatic rings. The van der Waals surface area contributed by atoms with Gasteiger partial charge in [0.1, 0.15) is 5.60 Å². The monoisotopic (exact) mass is 312 g/mol. The number of nitrogens with one attached hydrogen (secondary N) is 2.